The van der Waals surface area contributed by atoms with Crippen molar-refractivity contribution in [3.05, 3.63) is 12.2 Å². The van der Waals surface area contributed by atoms with Crippen LogP contribution in [-0.4, -0.2) is 51.6 Å². The zero-order valence-electron chi connectivity index (χ0n) is 16.1. The summed E-state index contributed by atoms with van der Waals surface area (Å²) in [6, 6.07) is 0.338. The molecule has 6 aliphatic carbocycles. The van der Waals surface area contributed by atoms with Gasteiger partial charge in [-0.2, -0.15) is 0 Å². The molecule has 9 aliphatic rings. The Morgan fingerprint density at radius 3 is 2.85 bits per heavy atom. The second-order valence-corrected chi connectivity index (χ2v) is 11.3. The van der Waals surface area contributed by atoms with E-state index >= 15 is 0 Å². The van der Waals surface area contributed by atoms with Crippen LogP contribution in [0.25, 0.3) is 0 Å². The molecular formula is C22H29NO4. The molecule has 3 heterocycles. The summed E-state index contributed by atoms with van der Waals surface area (Å²) in [5.41, 5.74) is -0.0967. The predicted molar refractivity (Wildman–Crippen MR) is 96.2 cm³/mol. The molecule has 1 unspecified atom stereocenters. The third-order valence-electron chi connectivity index (χ3n) is 10.6. The van der Waals surface area contributed by atoms with Crippen LogP contribution in [0.4, 0.5) is 0 Å². The molecular weight excluding hydrogens is 342 g/mol. The van der Waals surface area contributed by atoms with Crippen molar-refractivity contribution in [1.29, 1.82) is 0 Å². The summed E-state index contributed by atoms with van der Waals surface area (Å²) in [6.07, 6.45) is 4.29. The minimum absolute atomic E-state index is 0.0177. The van der Waals surface area contributed by atoms with Crippen LogP contribution in [0.15, 0.2) is 12.2 Å². The summed E-state index contributed by atoms with van der Waals surface area (Å²) in [5.74, 6) is 0.541. The Labute approximate surface area is 159 Å². The maximum atomic E-state index is 12.1. The lowest BCUT2D eigenvalue weighted by Crippen LogP contribution is -2.72. The first-order valence-corrected chi connectivity index (χ1v) is 10.7. The van der Waals surface area contributed by atoms with Gasteiger partial charge in [0.2, 0.25) is 0 Å². The van der Waals surface area contributed by atoms with Gasteiger partial charge < -0.3 is 14.9 Å². The minimum Gasteiger partial charge on any atom is -0.457 e. The highest BCUT2D eigenvalue weighted by atomic mass is 16.5. The number of esters is 1. The zero-order chi connectivity index (χ0) is 18.7. The summed E-state index contributed by atoms with van der Waals surface area (Å²) in [7, 11) is 0. The summed E-state index contributed by atoms with van der Waals surface area (Å²) in [4.78, 5) is 14.4. The molecule has 9 fully saturated rings. The van der Waals surface area contributed by atoms with Gasteiger partial charge in [-0.05, 0) is 41.6 Å². The molecule has 5 heteroatoms. The molecule has 27 heavy (non-hydrogen) atoms. The second-order valence-electron chi connectivity index (χ2n) is 11.3. The van der Waals surface area contributed by atoms with Gasteiger partial charge in [0, 0.05) is 49.1 Å². The van der Waals surface area contributed by atoms with E-state index in [1.54, 1.807) is 0 Å². The quantitative estimate of drug-likeness (QED) is 0.542. The number of rotatable bonds is 1. The fourth-order valence-corrected chi connectivity index (χ4v) is 10.9. The molecule has 2 N–H and O–H groups in total. The van der Waals surface area contributed by atoms with Crippen molar-refractivity contribution < 1.29 is 19.7 Å². The molecule has 0 aromatic rings. The number of hydrogen-bond donors (Lipinski definition) is 2. The number of carbonyl (C=O) groups excluding carboxylic acids is 1. The number of nitrogens with zero attached hydrogens (tertiary/aromatic N) is 1. The van der Waals surface area contributed by atoms with Gasteiger partial charge in [-0.1, -0.05) is 19.9 Å². The van der Waals surface area contributed by atoms with Crippen LogP contribution in [0.3, 0.4) is 0 Å². The summed E-state index contributed by atoms with van der Waals surface area (Å²) in [5, 5.41) is 23.6. The molecule has 0 aromatic carbocycles. The van der Waals surface area contributed by atoms with Crippen molar-refractivity contribution in [3.63, 3.8) is 0 Å². The van der Waals surface area contributed by atoms with E-state index in [1.807, 2.05) is 0 Å². The lowest BCUT2D eigenvalue weighted by Gasteiger charge is -2.67. The average molecular weight is 371 g/mol. The van der Waals surface area contributed by atoms with E-state index in [1.165, 1.54) is 19.8 Å². The smallest absolute Gasteiger partial charge is 0.303 e. The van der Waals surface area contributed by atoms with Crippen molar-refractivity contribution >= 4 is 5.97 Å². The largest absolute Gasteiger partial charge is 0.457 e. The first-order chi connectivity index (χ1) is 12.7. The molecule has 5 nitrogen and oxygen atoms in total. The fraction of sp³-hybridized carbons (Fsp3) is 0.864. The highest BCUT2D eigenvalue weighted by Gasteiger charge is 2.93. The number of aliphatic hydroxyl groups excluding tert-OH is 1. The van der Waals surface area contributed by atoms with Crippen LogP contribution in [0.1, 0.15) is 46.0 Å². The standard InChI is InChI=1S/C22H29NO4/c1-10-12-7-13-16-20-6-4-5-19(3)9-23(16)22(26,18(19)20)8-21(13,15(20)14(12)25)17(10)27-11(2)24/h12-18,25-26H,1,4-9H2,2-3H3/t12-,13-,14+,15+,16-,17-,18-,19+,20+,21-,22-/m1/s1. The first kappa shape index (κ1) is 15.9. The Kier molecular flexibility index (Phi) is 2.38. The Balaban J connectivity index is 1.51. The molecule has 6 saturated carbocycles. The third kappa shape index (κ3) is 1.23. The maximum absolute atomic E-state index is 12.1. The highest BCUT2D eigenvalue weighted by molar-refractivity contribution is 5.67. The van der Waals surface area contributed by atoms with Crippen LogP contribution in [-0.2, 0) is 9.53 Å². The van der Waals surface area contributed by atoms with Gasteiger partial charge in [0.25, 0.3) is 0 Å². The van der Waals surface area contributed by atoms with E-state index in [9.17, 15) is 15.0 Å². The van der Waals surface area contributed by atoms with Crippen molar-refractivity contribution in [2.75, 3.05) is 6.54 Å². The zero-order valence-corrected chi connectivity index (χ0v) is 16.1. The van der Waals surface area contributed by atoms with Crippen molar-refractivity contribution in [3.8, 4) is 0 Å². The maximum Gasteiger partial charge on any atom is 0.303 e. The van der Waals surface area contributed by atoms with Crippen molar-refractivity contribution in [1.82, 2.24) is 4.90 Å². The Morgan fingerprint density at radius 1 is 1.33 bits per heavy atom. The molecule has 2 spiro atoms. The van der Waals surface area contributed by atoms with E-state index in [2.05, 4.69) is 18.4 Å². The molecule has 0 radical (unpaired) electrons. The lowest BCUT2D eigenvalue weighted by atomic mass is 9.39. The first-order valence-electron chi connectivity index (χ1n) is 10.7. The molecule has 3 aliphatic heterocycles. The molecule has 9 bridgehead atoms. The average Bonchev–Trinajstić information content (AvgIpc) is 2.94. The number of ether oxygens (including phenoxy) is 1. The molecule has 9 rings (SSSR count). The third-order valence-corrected chi connectivity index (χ3v) is 10.6. The number of piperidine rings is 2. The minimum atomic E-state index is -0.796. The Morgan fingerprint density at radius 2 is 2.11 bits per heavy atom. The Hall–Kier alpha value is -0.910. The van der Waals surface area contributed by atoms with E-state index in [0.29, 0.717) is 18.4 Å². The Bertz CT molecular complexity index is 827. The number of carbonyl (C=O) groups is 1. The van der Waals surface area contributed by atoms with Crippen molar-refractivity contribution in [2.45, 2.75) is 69.9 Å². The van der Waals surface area contributed by atoms with Crippen LogP contribution >= 0.6 is 0 Å². The normalized spacial score (nSPS) is 68.7. The van der Waals surface area contributed by atoms with Gasteiger partial charge in [0.05, 0.1) is 6.10 Å². The van der Waals surface area contributed by atoms with E-state index in [0.717, 1.165) is 25.0 Å². The topological polar surface area (TPSA) is 70.0 Å². The van der Waals surface area contributed by atoms with Gasteiger partial charge in [0.1, 0.15) is 11.8 Å². The number of hydrogen-bond acceptors (Lipinski definition) is 5. The summed E-state index contributed by atoms with van der Waals surface area (Å²) < 4.78 is 5.93. The lowest BCUT2D eigenvalue weighted by molar-refractivity contribution is -0.275. The summed E-state index contributed by atoms with van der Waals surface area (Å²) >= 11 is 0. The second kappa shape index (κ2) is 4.03. The van der Waals surface area contributed by atoms with Gasteiger partial charge in [-0.15, -0.1) is 0 Å². The molecule has 3 saturated heterocycles. The van der Waals surface area contributed by atoms with Crippen molar-refractivity contribution in [2.24, 2.45) is 39.9 Å². The monoisotopic (exact) mass is 371 g/mol. The van der Waals surface area contributed by atoms with Gasteiger partial charge in [-0.25, -0.2) is 0 Å². The van der Waals surface area contributed by atoms with Crippen LogP contribution in [0, 0.1) is 39.9 Å². The van der Waals surface area contributed by atoms with Crippen LogP contribution in [0.2, 0.25) is 0 Å². The molecule has 0 aromatic heterocycles. The SMILES string of the molecule is C=C1[C@H]2C[C@@H]3[C@H]4N5C[C@]6(C)CCC[C@]47[C@H]([C@H]2O)[C@]3(C[C@@]5(O)[C@H]67)[C@@H]1OC(C)=O. The summed E-state index contributed by atoms with van der Waals surface area (Å²) in [6.45, 7) is 9.13. The fourth-order valence-electron chi connectivity index (χ4n) is 10.9. The van der Waals surface area contributed by atoms with Crippen LogP contribution in [0.5, 0.6) is 0 Å². The predicted octanol–water partition coefficient (Wildman–Crippen LogP) is 1.68. The van der Waals surface area contributed by atoms with Gasteiger partial charge in [0.15, 0.2) is 0 Å². The highest BCUT2D eigenvalue weighted by Crippen LogP contribution is 2.89. The number of fused-ring (bicyclic) bond motifs is 1. The van der Waals surface area contributed by atoms with E-state index in [-0.39, 0.29) is 46.1 Å². The van der Waals surface area contributed by atoms with E-state index in [4.69, 9.17) is 4.74 Å². The molecule has 0 amide bonds. The van der Waals surface area contributed by atoms with E-state index < -0.39 is 11.8 Å². The van der Waals surface area contributed by atoms with Crippen LogP contribution < -0.4 is 0 Å². The van der Waals surface area contributed by atoms with Gasteiger partial charge in [-0.3, -0.25) is 9.69 Å². The molecule has 146 valence electrons. The number of aliphatic hydroxyl groups is 2. The van der Waals surface area contributed by atoms with Gasteiger partial charge >= 0.3 is 5.97 Å². The molecule has 12 atom stereocenters.